The summed E-state index contributed by atoms with van der Waals surface area (Å²) in [5, 5.41) is 0. The van der Waals surface area contributed by atoms with E-state index in [9.17, 15) is 8.78 Å². The van der Waals surface area contributed by atoms with Crippen molar-refractivity contribution in [3.8, 4) is 11.5 Å². The van der Waals surface area contributed by atoms with Crippen LogP contribution in [0.1, 0.15) is 11.1 Å². The SMILES string of the molecule is COc1cc(OCc2cc(F)cc(F)c2)cc(C(N)=S)c1. The average molecular weight is 309 g/mol. The molecule has 21 heavy (non-hydrogen) atoms. The minimum atomic E-state index is -0.650. The van der Waals surface area contributed by atoms with Gasteiger partial charge in [0, 0.05) is 17.7 Å². The van der Waals surface area contributed by atoms with E-state index in [4.69, 9.17) is 27.4 Å². The summed E-state index contributed by atoms with van der Waals surface area (Å²) in [7, 11) is 1.50. The van der Waals surface area contributed by atoms with Crippen LogP contribution in [0.2, 0.25) is 0 Å². The molecule has 0 spiro atoms. The monoisotopic (exact) mass is 309 g/mol. The Balaban J connectivity index is 2.19. The maximum Gasteiger partial charge on any atom is 0.126 e. The summed E-state index contributed by atoms with van der Waals surface area (Å²) in [5.74, 6) is -0.325. The fourth-order valence-electron chi connectivity index (χ4n) is 1.78. The molecular formula is C15H13F2NO2S. The average Bonchev–Trinajstić information content (AvgIpc) is 2.43. The topological polar surface area (TPSA) is 44.5 Å². The number of ether oxygens (including phenoxy) is 2. The first kappa shape index (κ1) is 15.2. The summed E-state index contributed by atoms with van der Waals surface area (Å²) in [6, 6.07) is 8.17. The summed E-state index contributed by atoms with van der Waals surface area (Å²) >= 11 is 4.91. The van der Waals surface area contributed by atoms with Crippen LogP contribution in [-0.4, -0.2) is 12.1 Å². The van der Waals surface area contributed by atoms with Crippen molar-refractivity contribution in [3.05, 3.63) is 59.2 Å². The van der Waals surface area contributed by atoms with E-state index in [1.807, 2.05) is 0 Å². The molecule has 0 saturated heterocycles. The number of hydrogen-bond acceptors (Lipinski definition) is 3. The van der Waals surface area contributed by atoms with E-state index in [1.165, 1.54) is 19.2 Å². The Morgan fingerprint density at radius 3 is 2.24 bits per heavy atom. The zero-order valence-corrected chi connectivity index (χ0v) is 12.0. The molecule has 0 aliphatic heterocycles. The zero-order chi connectivity index (χ0) is 15.4. The molecule has 6 heteroatoms. The van der Waals surface area contributed by atoms with Gasteiger partial charge in [-0.05, 0) is 29.8 Å². The molecule has 0 amide bonds. The van der Waals surface area contributed by atoms with Crippen LogP contribution in [0.15, 0.2) is 36.4 Å². The van der Waals surface area contributed by atoms with Gasteiger partial charge in [-0.25, -0.2) is 8.78 Å². The van der Waals surface area contributed by atoms with Gasteiger partial charge >= 0.3 is 0 Å². The van der Waals surface area contributed by atoms with Crippen LogP contribution in [0.4, 0.5) is 8.78 Å². The minimum Gasteiger partial charge on any atom is -0.497 e. The lowest BCUT2D eigenvalue weighted by Crippen LogP contribution is -2.10. The van der Waals surface area contributed by atoms with Crippen molar-refractivity contribution in [3.63, 3.8) is 0 Å². The standard InChI is InChI=1S/C15H13F2NO2S/c1-19-13-4-10(15(18)21)5-14(7-13)20-8-9-2-11(16)6-12(17)3-9/h2-7H,8H2,1H3,(H2,18,21). The molecule has 0 aliphatic rings. The van der Waals surface area contributed by atoms with E-state index in [2.05, 4.69) is 0 Å². The van der Waals surface area contributed by atoms with Gasteiger partial charge < -0.3 is 15.2 Å². The Kier molecular flexibility index (Phi) is 4.70. The Morgan fingerprint density at radius 1 is 1.05 bits per heavy atom. The summed E-state index contributed by atoms with van der Waals surface area (Å²) < 4.78 is 36.8. The van der Waals surface area contributed by atoms with Crippen molar-refractivity contribution in [1.82, 2.24) is 0 Å². The van der Waals surface area contributed by atoms with Crippen molar-refractivity contribution in [2.24, 2.45) is 5.73 Å². The van der Waals surface area contributed by atoms with E-state index in [-0.39, 0.29) is 11.6 Å². The van der Waals surface area contributed by atoms with Crippen LogP contribution < -0.4 is 15.2 Å². The quantitative estimate of drug-likeness (QED) is 0.862. The molecule has 0 atom stereocenters. The maximum absolute atomic E-state index is 13.1. The molecule has 3 nitrogen and oxygen atoms in total. The van der Waals surface area contributed by atoms with Crippen molar-refractivity contribution < 1.29 is 18.3 Å². The molecular weight excluding hydrogens is 296 g/mol. The molecule has 0 aliphatic carbocycles. The molecule has 2 aromatic carbocycles. The second kappa shape index (κ2) is 6.49. The Bertz CT molecular complexity index is 656. The lowest BCUT2D eigenvalue weighted by Gasteiger charge is -2.10. The molecule has 0 bridgehead atoms. The summed E-state index contributed by atoms with van der Waals surface area (Å²) in [5.41, 5.74) is 6.54. The van der Waals surface area contributed by atoms with Crippen molar-refractivity contribution in [1.29, 1.82) is 0 Å². The first-order valence-electron chi connectivity index (χ1n) is 6.04. The Hall–Kier alpha value is -2.21. The van der Waals surface area contributed by atoms with Gasteiger partial charge in [0.2, 0.25) is 0 Å². The Labute approximate surface area is 126 Å². The largest absolute Gasteiger partial charge is 0.497 e. The van der Waals surface area contributed by atoms with Crippen molar-refractivity contribution in [2.45, 2.75) is 6.61 Å². The van der Waals surface area contributed by atoms with Gasteiger partial charge in [-0.2, -0.15) is 0 Å². The molecule has 0 unspecified atom stereocenters. The minimum absolute atomic E-state index is 0.0125. The lowest BCUT2D eigenvalue weighted by molar-refractivity contribution is 0.302. The first-order chi connectivity index (χ1) is 9.97. The zero-order valence-electron chi connectivity index (χ0n) is 11.2. The van der Waals surface area contributed by atoms with E-state index in [0.29, 0.717) is 22.6 Å². The number of nitrogens with two attached hydrogens (primary N) is 1. The second-order valence-corrected chi connectivity index (χ2v) is 4.77. The number of halogens is 2. The van der Waals surface area contributed by atoms with E-state index >= 15 is 0 Å². The highest BCUT2D eigenvalue weighted by Crippen LogP contribution is 2.24. The number of benzene rings is 2. The predicted octanol–water partition coefficient (Wildman–Crippen LogP) is 3.19. The maximum atomic E-state index is 13.1. The molecule has 0 radical (unpaired) electrons. The van der Waals surface area contributed by atoms with E-state index in [1.54, 1.807) is 18.2 Å². The predicted molar refractivity (Wildman–Crippen MR) is 79.6 cm³/mol. The summed E-state index contributed by atoms with van der Waals surface area (Å²) in [6.45, 7) is 0.0125. The van der Waals surface area contributed by atoms with Crippen LogP contribution in [0, 0.1) is 11.6 Å². The molecule has 2 rings (SSSR count). The van der Waals surface area contributed by atoms with Crippen LogP contribution in [0.5, 0.6) is 11.5 Å². The smallest absolute Gasteiger partial charge is 0.126 e. The first-order valence-corrected chi connectivity index (χ1v) is 6.45. The van der Waals surface area contributed by atoms with Gasteiger partial charge in [0.15, 0.2) is 0 Å². The highest BCUT2D eigenvalue weighted by molar-refractivity contribution is 7.80. The third kappa shape index (κ3) is 4.13. The number of thiocarbonyl (C=S) groups is 1. The van der Waals surface area contributed by atoms with Gasteiger partial charge in [0.25, 0.3) is 0 Å². The number of methoxy groups -OCH3 is 1. The van der Waals surface area contributed by atoms with Crippen LogP contribution >= 0.6 is 12.2 Å². The highest BCUT2D eigenvalue weighted by atomic mass is 32.1. The Morgan fingerprint density at radius 2 is 1.67 bits per heavy atom. The third-order valence-corrected chi connectivity index (χ3v) is 2.96. The van der Waals surface area contributed by atoms with Crippen LogP contribution in [-0.2, 0) is 6.61 Å². The molecule has 2 aromatic rings. The normalized spacial score (nSPS) is 10.2. The van der Waals surface area contributed by atoms with Gasteiger partial charge in [-0.3, -0.25) is 0 Å². The van der Waals surface area contributed by atoms with Gasteiger partial charge in [0.05, 0.1) is 7.11 Å². The van der Waals surface area contributed by atoms with Crippen molar-refractivity contribution >= 4 is 17.2 Å². The van der Waals surface area contributed by atoms with Crippen LogP contribution in [0.25, 0.3) is 0 Å². The molecule has 110 valence electrons. The third-order valence-electron chi connectivity index (χ3n) is 2.73. The molecule has 2 N–H and O–H groups in total. The highest BCUT2D eigenvalue weighted by Gasteiger charge is 2.06. The van der Waals surface area contributed by atoms with E-state index < -0.39 is 11.6 Å². The van der Waals surface area contributed by atoms with Gasteiger partial charge in [0.1, 0.15) is 34.7 Å². The van der Waals surface area contributed by atoms with Crippen molar-refractivity contribution in [2.75, 3.05) is 7.11 Å². The molecule has 0 saturated carbocycles. The lowest BCUT2D eigenvalue weighted by atomic mass is 10.2. The molecule has 0 heterocycles. The summed E-state index contributed by atoms with van der Waals surface area (Å²) in [6.07, 6.45) is 0. The van der Waals surface area contributed by atoms with Gasteiger partial charge in [-0.15, -0.1) is 0 Å². The van der Waals surface area contributed by atoms with Crippen LogP contribution in [0.3, 0.4) is 0 Å². The second-order valence-electron chi connectivity index (χ2n) is 4.33. The summed E-state index contributed by atoms with van der Waals surface area (Å²) in [4.78, 5) is 0.204. The molecule has 0 aromatic heterocycles. The molecule has 0 fully saturated rings. The number of rotatable bonds is 5. The fraction of sp³-hybridized carbons (Fsp3) is 0.133. The number of hydrogen-bond donors (Lipinski definition) is 1. The van der Waals surface area contributed by atoms with E-state index in [0.717, 1.165) is 6.07 Å². The van der Waals surface area contributed by atoms with Gasteiger partial charge in [-0.1, -0.05) is 12.2 Å². The fourth-order valence-corrected chi connectivity index (χ4v) is 1.89.